The summed E-state index contributed by atoms with van der Waals surface area (Å²) in [6.45, 7) is 2.83. The van der Waals surface area contributed by atoms with Gasteiger partial charge in [-0.25, -0.2) is 4.68 Å². The number of benzene rings is 3. The highest BCUT2D eigenvalue weighted by Gasteiger charge is 2.10. The Kier molecular flexibility index (Phi) is 3.39. The number of nitrogens with zero attached hydrogens (tertiary/aromatic N) is 3. The van der Waals surface area contributed by atoms with E-state index in [0.29, 0.717) is 0 Å². The number of fused-ring (bicyclic) bond motifs is 1. The minimum Gasteiger partial charge on any atom is -0.240 e. The number of aryl methyl sites for hydroxylation is 1. The molecule has 0 saturated carbocycles. The normalized spacial score (nSPS) is 11.0. The monoisotopic (exact) mass is 299 g/mol. The zero-order chi connectivity index (χ0) is 15.6. The Morgan fingerprint density at radius 3 is 2.39 bits per heavy atom. The van der Waals surface area contributed by atoms with Crippen LogP contribution in [0.3, 0.4) is 0 Å². The lowest BCUT2D eigenvalue weighted by Crippen LogP contribution is -2.01. The van der Waals surface area contributed by atoms with E-state index >= 15 is 0 Å². The van der Waals surface area contributed by atoms with Crippen LogP contribution in [-0.2, 0) is 6.54 Å². The highest BCUT2D eigenvalue weighted by molar-refractivity contribution is 5.91. The first-order valence-electron chi connectivity index (χ1n) is 7.74. The Bertz CT molecular complexity index is 938. The predicted octanol–water partition coefficient (Wildman–Crippen LogP) is 4.46. The molecule has 1 aromatic heterocycles. The minimum atomic E-state index is 0.731. The van der Waals surface area contributed by atoms with Crippen LogP contribution in [0.5, 0.6) is 0 Å². The summed E-state index contributed by atoms with van der Waals surface area (Å²) in [4.78, 5) is 0. The van der Waals surface area contributed by atoms with Crippen LogP contribution >= 0.6 is 0 Å². The lowest BCUT2D eigenvalue weighted by molar-refractivity contribution is 0.670. The predicted molar refractivity (Wildman–Crippen MR) is 93.2 cm³/mol. The number of rotatable bonds is 3. The van der Waals surface area contributed by atoms with Crippen LogP contribution in [0, 0.1) is 6.92 Å². The molecule has 0 unspecified atom stereocenters. The molecule has 0 N–H and O–H groups in total. The molecule has 4 aromatic rings. The van der Waals surface area contributed by atoms with E-state index in [9.17, 15) is 0 Å². The van der Waals surface area contributed by atoms with Crippen LogP contribution in [0.15, 0.2) is 72.8 Å². The number of aromatic nitrogens is 3. The highest BCUT2D eigenvalue weighted by atomic mass is 15.4. The first kappa shape index (κ1) is 13.7. The molecule has 4 rings (SSSR count). The first-order valence-corrected chi connectivity index (χ1v) is 7.74. The molecule has 0 fully saturated rings. The molecule has 0 aliphatic carbocycles. The Morgan fingerprint density at radius 2 is 1.61 bits per heavy atom. The van der Waals surface area contributed by atoms with E-state index in [0.717, 1.165) is 23.1 Å². The van der Waals surface area contributed by atoms with Gasteiger partial charge in [0.1, 0.15) is 5.52 Å². The second-order valence-electron chi connectivity index (χ2n) is 5.77. The van der Waals surface area contributed by atoms with E-state index in [4.69, 9.17) is 0 Å². The summed E-state index contributed by atoms with van der Waals surface area (Å²) < 4.78 is 1.96. The van der Waals surface area contributed by atoms with Crippen molar-refractivity contribution in [1.82, 2.24) is 15.0 Å². The van der Waals surface area contributed by atoms with Crippen LogP contribution in [-0.4, -0.2) is 15.0 Å². The van der Waals surface area contributed by atoms with Gasteiger partial charge in [-0.2, -0.15) is 0 Å². The van der Waals surface area contributed by atoms with E-state index in [-0.39, 0.29) is 0 Å². The molecule has 0 atom stereocenters. The van der Waals surface area contributed by atoms with Crippen LogP contribution in [0.1, 0.15) is 11.1 Å². The third kappa shape index (κ3) is 2.61. The molecular weight excluding hydrogens is 282 g/mol. The average molecular weight is 299 g/mol. The van der Waals surface area contributed by atoms with E-state index < -0.39 is 0 Å². The summed E-state index contributed by atoms with van der Waals surface area (Å²) in [6.07, 6.45) is 0. The van der Waals surface area contributed by atoms with Gasteiger partial charge in [0, 0.05) is 5.56 Å². The lowest BCUT2D eigenvalue weighted by Gasteiger charge is -2.05. The van der Waals surface area contributed by atoms with Gasteiger partial charge in [0.25, 0.3) is 0 Å². The van der Waals surface area contributed by atoms with Crippen LogP contribution in [0.4, 0.5) is 0 Å². The third-order valence-electron chi connectivity index (χ3n) is 4.08. The van der Waals surface area contributed by atoms with Crippen molar-refractivity contribution in [2.45, 2.75) is 13.5 Å². The maximum Gasteiger partial charge on any atom is 0.121 e. The van der Waals surface area contributed by atoms with Gasteiger partial charge in [-0.15, -0.1) is 5.10 Å². The fourth-order valence-electron chi connectivity index (χ4n) is 2.83. The summed E-state index contributed by atoms with van der Waals surface area (Å²) in [5.74, 6) is 0. The number of hydrogen-bond acceptors (Lipinski definition) is 2. The Balaban J connectivity index is 1.79. The zero-order valence-corrected chi connectivity index (χ0v) is 13.0. The molecule has 0 aliphatic heterocycles. The molecule has 0 saturated heterocycles. The molecule has 3 aromatic carbocycles. The van der Waals surface area contributed by atoms with Crippen LogP contribution < -0.4 is 0 Å². The lowest BCUT2D eigenvalue weighted by atomic mass is 10.0. The maximum absolute atomic E-state index is 4.43. The van der Waals surface area contributed by atoms with Gasteiger partial charge in [-0.05, 0) is 24.1 Å². The molecule has 23 heavy (non-hydrogen) atoms. The van der Waals surface area contributed by atoms with E-state index in [2.05, 4.69) is 71.8 Å². The summed E-state index contributed by atoms with van der Waals surface area (Å²) >= 11 is 0. The van der Waals surface area contributed by atoms with Gasteiger partial charge in [-0.3, -0.25) is 0 Å². The van der Waals surface area contributed by atoms with Gasteiger partial charge in [0.15, 0.2) is 0 Å². The third-order valence-corrected chi connectivity index (χ3v) is 4.08. The van der Waals surface area contributed by atoms with Crippen molar-refractivity contribution in [3.05, 3.63) is 83.9 Å². The molecule has 0 bridgehead atoms. The quantitative estimate of drug-likeness (QED) is 0.559. The van der Waals surface area contributed by atoms with Crippen molar-refractivity contribution in [1.29, 1.82) is 0 Å². The standard InChI is InChI=1S/C20H17N3/c1-15-10-12-17(13-11-15)18-8-5-9-19-20(18)21-22-23(19)14-16-6-3-2-4-7-16/h2-13H,14H2,1H3. The fraction of sp³-hybridized carbons (Fsp3) is 0.100. The maximum atomic E-state index is 4.43. The van der Waals surface area contributed by atoms with Crippen molar-refractivity contribution in [3.8, 4) is 11.1 Å². The largest absolute Gasteiger partial charge is 0.240 e. The van der Waals surface area contributed by atoms with Crippen LogP contribution in [0.25, 0.3) is 22.2 Å². The van der Waals surface area contributed by atoms with Gasteiger partial charge in [0.2, 0.25) is 0 Å². The summed E-state index contributed by atoms with van der Waals surface area (Å²) in [7, 11) is 0. The molecule has 1 heterocycles. The first-order chi connectivity index (χ1) is 11.3. The summed E-state index contributed by atoms with van der Waals surface area (Å²) in [5, 5.41) is 8.79. The van der Waals surface area contributed by atoms with Gasteiger partial charge < -0.3 is 0 Å². The average Bonchev–Trinajstić information content (AvgIpc) is 3.00. The summed E-state index contributed by atoms with van der Waals surface area (Å²) in [5.41, 5.74) is 6.79. The Hall–Kier alpha value is -2.94. The second-order valence-corrected chi connectivity index (χ2v) is 5.77. The van der Waals surface area contributed by atoms with Crippen molar-refractivity contribution < 1.29 is 0 Å². The Labute approximate surface area is 135 Å². The zero-order valence-electron chi connectivity index (χ0n) is 13.0. The molecule has 0 radical (unpaired) electrons. The minimum absolute atomic E-state index is 0.731. The highest BCUT2D eigenvalue weighted by Crippen LogP contribution is 2.27. The second kappa shape index (κ2) is 5.69. The molecule has 0 amide bonds. The smallest absolute Gasteiger partial charge is 0.121 e. The van der Waals surface area contributed by atoms with Gasteiger partial charge >= 0.3 is 0 Å². The molecule has 3 nitrogen and oxygen atoms in total. The van der Waals surface area contributed by atoms with Gasteiger partial charge in [-0.1, -0.05) is 77.5 Å². The van der Waals surface area contributed by atoms with E-state index in [1.807, 2.05) is 22.9 Å². The molecule has 112 valence electrons. The number of hydrogen-bond donors (Lipinski definition) is 0. The Morgan fingerprint density at radius 1 is 0.826 bits per heavy atom. The van der Waals surface area contributed by atoms with Crippen LogP contribution in [0.2, 0.25) is 0 Å². The van der Waals surface area contributed by atoms with Crippen molar-refractivity contribution in [3.63, 3.8) is 0 Å². The van der Waals surface area contributed by atoms with Crippen molar-refractivity contribution in [2.24, 2.45) is 0 Å². The topological polar surface area (TPSA) is 30.7 Å². The molecule has 3 heteroatoms. The van der Waals surface area contributed by atoms with Gasteiger partial charge in [0.05, 0.1) is 12.1 Å². The molecule has 0 spiro atoms. The van der Waals surface area contributed by atoms with Crippen molar-refractivity contribution in [2.75, 3.05) is 0 Å². The van der Waals surface area contributed by atoms with E-state index in [1.54, 1.807) is 0 Å². The van der Waals surface area contributed by atoms with E-state index in [1.165, 1.54) is 16.7 Å². The molecular formula is C20H17N3. The SMILES string of the molecule is Cc1ccc(-c2cccc3c2nnn3Cc2ccccc2)cc1. The summed E-state index contributed by atoms with van der Waals surface area (Å²) in [6, 6.07) is 25.1. The van der Waals surface area contributed by atoms with Crippen molar-refractivity contribution >= 4 is 11.0 Å². The fourth-order valence-corrected chi connectivity index (χ4v) is 2.83. The molecule has 0 aliphatic rings.